The standard InChI is InChI=1S/C13H16/c1-5-6-12-9-11(4)7-8-13(12)10(2)3/h5,7-9H,1-2,6H2,3-4H3. The van der Waals surface area contributed by atoms with E-state index in [-0.39, 0.29) is 0 Å². The van der Waals surface area contributed by atoms with Crippen molar-refractivity contribution in [3.05, 3.63) is 54.1 Å². The lowest BCUT2D eigenvalue weighted by Crippen LogP contribution is -1.90. The molecule has 0 spiro atoms. The van der Waals surface area contributed by atoms with Crippen LogP contribution in [0.2, 0.25) is 0 Å². The van der Waals surface area contributed by atoms with E-state index in [1.807, 2.05) is 13.0 Å². The molecule has 0 aliphatic carbocycles. The summed E-state index contributed by atoms with van der Waals surface area (Å²) >= 11 is 0. The Balaban J connectivity index is 3.17. The maximum absolute atomic E-state index is 3.96. The highest BCUT2D eigenvalue weighted by molar-refractivity contribution is 5.65. The van der Waals surface area contributed by atoms with E-state index in [1.54, 1.807) is 0 Å². The van der Waals surface area contributed by atoms with Gasteiger partial charge < -0.3 is 0 Å². The Morgan fingerprint density at radius 3 is 2.69 bits per heavy atom. The van der Waals surface area contributed by atoms with Gasteiger partial charge in [0.05, 0.1) is 0 Å². The second-order valence-electron chi connectivity index (χ2n) is 3.43. The molecule has 0 unspecified atom stereocenters. The summed E-state index contributed by atoms with van der Waals surface area (Å²) < 4.78 is 0. The van der Waals surface area contributed by atoms with Crippen molar-refractivity contribution in [2.45, 2.75) is 20.3 Å². The normalized spacial score (nSPS) is 9.69. The monoisotopic (exact) mass is 172 g/mol. The van der Waals surface area contributed by atoms with E-state index in [0.717, 1.165) is 12.0 Å². The predicted octanol–water partition coefficient (Wildman–Crippen LogP) is 3.76. The van der Waals surface area contributed by atoms with Crippen molar-refractivity contribution in [1.82, 2.24) is 0 Å². The molecule has 0 heteroatoms. The van der Waals surface area contributed by atoms with Crippen molar-refractivity contribution in [3.8, 4) is 0 Å². The van der Waals surface area contributed by atoms with Crippen LogP contribution in [0.3, 0.4) is 0 Å². The molecule has 13 heavy (non-hydrogen) atoms. The first-order valence-corrected chi connectivity index (χ1v) is 4.51. The minimum absolute atomic E-state index is 0.921. The number of hydrogen-bond donors (Lipinski definition) is 0. The Morgan fingerprint density at radius 1 is 1.46 bits per heavy atom. The van der Waals surface area contributed by atoms with Crippen molar-refractivity contribution in [1.29, 1.82) is 0 Å². The zero-order valence-electron chi connectivity index (χ0n) is 8.43. The zero-order chi connectivity index (χ0) is 9.84. The topological polar surface area (TPSA) is 0 Å². The Hall–Kier alpha value is -1.30. The third-order valence-electron chi connectivity index (χ3n) is 2.08. The summed E-state index contributed by atoms with van der Waals surface area (Å²) in [4.78, 5) is 0. The summed E-state index contributed by atoms with van der Waals surface area (Å²) in [6.45, 7) is 11.9. The molecule has 0 amide bonds. The first-order valence-electron chi connectivity index (χ1n) is 4.51. The van der Waals surface area contributed by atoms with Crippen LogP contribution >= 0.6 is 0 Å². The van der Waals surface area contributed by atoms with Gasteiger partial charge in [-0.1, -0.05) is 42.0 Å². The third-order valence-corrected chi connectivity index (χ3v) is 2.08. The first-order chi connectivity index (χ1) is 6.15. The summed E-state index contributed by atoms with van der Waals surface area (Å²) in [5, 5.41) is 0. The van der Waals surface area contributed by atoms with Crippen LogP contribution in [-0.2, 0) is 6.42 Å². The number of rotatable bonds is 3. The second-order valence-corrected chi connectivity index (χ2v) is 3.43. The molecular weight excluding hydrogens is 156 g/mol. The number of allylic oxidation sites excluding steroid dienone is 2. The molecule has 1 rings (SSSR count). The number of hydrogen-bond acceptors (Lipinski definition) is 0. The molecule has 0 aliphatic rings. The summed E-state index contributed by atoms with van der Waals surface area (Å²) in [6.07, 6.45) is 2.85. The van der Waals surface area contributed by atoms with E-state index >= 15 is 0 Å². The van der Waals surface area contributed by atoms with Crippen molar-refractivity contribution >= 4 is 5.57 Å². The molecule has 0 saturated carbocycles. The predicted molar refractivity (Wildman–Crippen MR) is 59.8 cm³/mol. The van der Waals surface area contributed by atoms with E-state index in [1.165, 1.54) is 16.7 Å². The second kappa shape index (κ2) is 4.08. The smallest absolute Gasteiger partial charge is 0.00940 e. The molecule has 0 N–H and O–H groups in total. The Kier molecular flexibility index (Phi) is 3.07. The molecule has 68 valence electrons. The van der Waals surface area contributed by atoms with Crippen LogP contribution in [0.1, 0.15) is 23.6 Å². The fraction of sp³-hybridized carbons (Fsp3) is 0.231. The van der Waals surface area contributed by atoms with Gasteiger partial charge in [0.1, 0.15) is 0 Å². The number of aryl methyl sites for hydroxylation is 1. The average Bonchev–Trinajstić information content (AvgIpc) is 2.04. The summed E-state index contributed by atoms with van der Waals surface area (Å²) in [5.41, 5.74) is 4.99. The zero-order valence-corrected chi connectivity index (χ0v) is 8.43. The minimum Gasteiger partial charge on any atom is -0.103 e. The molecule has 0 bridgehead atoms. The Bertz CT molecular complexity index is 332. The molecule has 0 saturated heterocycles. The van der Waals surface area contributed by atoms with Gasteiger partial charge in [-0.05, 0) is 31.4 Å². The van der Waals surface area contributed by atoms with Gasteiger partial charge in [-0.25, -0.2) is 0 Å². The third kappa shape index (κ3) is 2.32. The van der Waals surface area contributed by atoms with E-state index < -0.39 is 0 Å². The fourth-order valence-corrected chi connectivity index (χ4v) is 1.46. The molecule has 0 atom stereocenters. The van der Waals surface area contributed by atoms with Gasteiger partial charge in [-0.3, -0.25) is 0 Å². The lowest BCUT2D eigenvalue weighted by molar-refractivity contribution is 1.23. The van der Waals surface area contributed by atoms with E-state index in [2.05, 4.69) is 38.3 Å². The van der Waals surface area contributed by atoms with Crippen LogP contribution in [0.15, 0.2) is 37.4 Å². The lowest BCUT2D eigenvalue weighted by Gasteiger charge is -2.08. The fourth-order valence-electron chi connectivity index (χ4n) is 1.46. The van der Waals surface area contributed by atoms with E-state index in [4.69, 9.17) is 0 Å². The summed E-state index contributed by atoms with van der Waals surface area (Å²) in [7, 11) is 0. The molecule has 0 radical (unpaired) electrons. The van der Waals surface area contributed by atoms with Gasteiger partial charge in [0.2, 0.25) is 0 Å². The minimum atomic E-state index is 0.921. The molecule has 0 nitrogen and oxygen atoms in total. The highest BCUT2D eigenvalue weighted by Gasteiger charge is 2.01. The van der Waals surface area contributed by atoms with Crippen molar-refractivity contribution in [2.24, 2.45) is 0 Å². The lowest BCUT2D eigenvalue weighted by atomic mass is 9.97. The van der Waals surface area contributed by atoms with Crippen molar-refractivity contribution < 1.29 is 0 Å². The molecule has 0 fully saturated rings. The SMILES string of the molecule is C=CCc1cc(C)ccc1C(=C)C. The van der Waals surface area contributed by atoms with Gasteiger partial charge in [-0.15, -0.1) is 6.58 Å². The number of benzene rings is 1. The molecule has 0 aromatic heterocycles. The highest BCUT2D eigenvalue weighted by atomic mass is 14.1. The maximum atomic E-state index is 3.96. The van der Waals surface area contributed by atoms with E-state index in [9.17, 15) is 0 Å². The van der Waals surface area contributed by atoms with Gasteiger partial charge >= 0.3 is 0 Å². The quantitative estimate of drug-likeness (QED) is 0.609. The van der Waals surface area contributed by atoms with Crippen molar-refractivity contribution in [2.75, 3.05) is 0 Å². The summed E-state index contributed by atoms with van der Waals surface area (Å²) in [6, 6.07) is 6.46. The maximum Gasteiger partial charge on any atom is -0.00940 e. The molecule has 0 aliphatic heterocycles. The van der Waals surface area contributed by atoms with Crippen LogP contribution in [0.25, 0.3) is 5.57 Å². The molecular formula is C13H16. The first kappa shape index (κ1) is 9.79. The summed E-state index contributed by atoms with van der Waals surface area (Å²) in [5.74, 6) is 0. The average molecular weight is 172 g/mol. The van der Waals surface area contributed by atoms with Gasteiger partial charge in [0.25, 0.3) is 0 Å². The van der Waals surface area contributed by atoms with Crippen LogP contribution in [-0.4, -0.2) is 0 Å². The van der Waals surface area contributed by atoms with Gasteiger partial charge in [0.15, 0.2) is 0 Å². The van der Waals surface area contributed by atoms with Crippen LogP contribution in [0, 0.1) is 6.92 Å². The van der Waals surface area contributed by atoms with Crippen molar-refractivity contribution in [3.63, 3.8) is 0 Å². The largest absolute Gasteiger partial charge is 0.103 e. The molecule has 1 aromatic rings. The molecule has 1 aromatic carbocycles. The van der Waals surface area contributed by atoms with Gasteiger partial charge in [-0.2, -0.15) is 0 Å². The van der Waals surface area contributed by atoms with Crippen LogP contribution in [0.5, 0.6) is 0 Å². The van der Waals surface area contributed by atoms with E-state index in [0.29, 0.717) is 0 Å². The van der Waals surface area contributed by atoms with Crippen LogP contribution < -0.4 is 0 Å². The van der Waals surface area contributed by atoms with Gasteiger partial charge in [0, 0.05) is 0 Å². The Morgan fingerprint density at radius 2 is 2.15 bits per heavy atom. The molecule has 0 heterocycles. The Labute approximate surface area is 80.6 Å². The van der Waals surface area contributed by atoms with Crippen LogP contribution in [0.4, 0.5) is 0 Å². The highest BCUT2D eigenvalue weighted by Crippen LogP contribution is 2.19.